The fraction of sp³-hybridized carbons (Fsp3) is 0.400. The van der Waals surface area contributed by atoms with Gasteiger partial charge in [0.15, 0.2) is 0 Å². The molecular weight excluding hydrogens is 574 g/mol. The van der Waals surface area contributed by atoms with Crippen molar-refractivity contribution in [3.05, 3.63) is 41.3 Å². The maximum absolute atomic E-state index is 6.31. The number of fused-ring (bicyclic) bond motifs is 1. The molecule has 4 aromatic rings. The Balaban J connectivity index is 0.00000167. The molecule has 4 rings (SSSR count). The first-order valence-electron chi connectivity index (χ1n) is 11.5. The highest BCUT2D eigenvalue weighted by atomic mass is 127. The van der Waals surface area contributed by atoms with E-state index in [1.165, 1.54) is 0 Å². The van der Waals surface area contributed by atoms with E-state index in [-0.39, 0.29) is 6.10 Å². The standard InChI is InChI=1S/C23H26IN6O2P.C2H6/c1-7-20-18-12-17(8-9-21(18)30(27-20)33-24)19-13-25-28(5)23(19)32-14(2)10-11-31-22-15(3)16(4)26-29(22)6;1-2/h1,8-9,12-14,33H,10-11H2,2-6H3;1-2H3/t14-;/m0./s1. The summed E-state index contributed by atoms with van der Waals surface area (Å²) in [7, 11) is 3.77. The Bertz CT molecular complexity index is 1350. The molecule has 3 heterocycles. The molecule has 2 atom stereocenters. The molecule has 0 radical (unpaired) electrons. The van der Waals surface area contributed by atoms with Gasteiger partial charge in [0.1, 0.15) is 11.8 Å². The average molecular weight is 606 g/mol. The van der Waals surface area contributed by atoms with Crippen LogP contribution in [0.3, 0.4) is 0 Å². The van der Waals surface area contributed by atoms with E-state index in [9.17, 15) is 0 Å². The number of aromatic nitrogens is 6. The van der Waals surface area contributed by atoms with E-state index in [4.69, 9.17) is 15.9 Å². The van der Waals surface area contributed by atoms with Gasteiger partial charge in [-0.15, -0.1) is 6.42 Å². The Hall–Kier alpha value is -2.57. The predicted octanol–water partition coefficient (Wildman–Crippen LogP) is 5.82. The van der Waals surface area contributed by atoms with Crippen LogP contribution >= 0.6 is 28.4 Å². The van der Waals surface area contributed by atoms with Crippen molar-refractivity contribution < 1.29 is 9.47 Å². The number of benzene rings is 1. The third-order valence-corrected chi connectivity index (χ3v) is 7.50. The minimum Gasteiger partial charge on any atom is -0.477 e. The summed E-state index contributed by atoms with van der Waals surface area (Å²) in [6.07, 6.45) is 8.65. The molecule has 0 aliphatic heterocycles. The van der Waals surface area contributed by atoms with Crippen LogP contribution in [0.2, 0.25) is 0 Å². The highest BCUT2D eigenvalue weighted by molar-refractivity contribution is 14.2. The quantitative estimate of drug-likeness (QED) is 0.144. The zero-order chi connectivity index (χ0) is 25.7. The number of terminal acetylenes is 1. The molecule has 8 nitrogen and oxygen atoms in total. The Morgan fingerprint density at radius 2 is 1.89 bits per heavy atom. The summed E-state index contributed by atoms with van der Waals surface area (Å²) in [5.74, 6) is 4.20. The SMILES string of the molecule is C#Cc1nn(PI)c2ccc(-c3cnn(C)c3O[C@@H](C)CCOc3c(C)c(C)nn3C)cc12.CC. The lowest BCUT2D eigenvalue weighted by molar-refractivity contribution is 0.161. The summed E-state index contributed by atoms with van der Waals surface area (Å²) in [4.78, 5) is 0. The van der Waals surface area contributed by atoms with E-state index in [1.54, 1.807) is 9.36 Å². The molecular formula is C25H32IN6O2P. The second-order valence-electron chi connectivity index (χ2n) is 7.91. The number of aryl methyl sites for hydroxylation is 3. The second-order valence-corrected chi connectivity index (χ2v) is 9.95. The molecule has 0 fully saturated rings. The van der Waals surface area contributed by atoms with Crippen molar-refractivity contribution in [2.24, 2.45) is 14.1 Å². The van der Waals surface area contributed by atoms with E-state index in [2.05, 4.69) is 61.5 Å². The van der Waals surface area contributed by atoms with Crippen LogP contribution in [0.25, 0.3) is 22.0 Å². The lowest BCUT2D eigenvalue weighted by atomic mass is 10.1. The van der Waals surface area contributed by atoms with Crippen LogP contribution < -0.4 is 9.47 Å². The summed E-state index contributed by atoms with van der Waals surface area (Å²) in [5.41, 5.74) is 5.62. The third-order valence-electron chi connectivity index (χ3n) is 5.63. The van der Waals surface area contributed by atoms with Crippen LogP contribution in [0.1, 0.15) is 44.1 Å². The number of nitrogens with zero attached hydrogens (tertiary/aromatic N) is 6. The normalized spacial score (nSPS) is 12.0. The zero-order valence-electron chi connectivity index (χ0n) is 21.3. The molecule has 35 heavy (non-hydrogen) atoms. The molecule has 0 N–H and O–H groups in total. The van der Waals surface area contributed by atoms with E-state index in [0.29, 0.717) is 24.6 Å². The fourth-order valence-corrected chi connectivity index (χ4v) is 5.26. The molecule has 0 spiro atoms. The van der Waals surface area contributed by atoms with Crippen molar-refractivity contribution in [2.45, 2.75) is 47.1 Å². The Morgan fingerprint density at radius 1 is 1.14 bits per heavy atom. The van der Waals surface area contributed by atoms with E-state index < -0.39 is 0 Å². The second kappa shape index (κ2) is 11.9. The van der Waals surface area contributed by atoms with Gasteiger partial charge in [0, 0.05) is 31.5 Å². The number of halogens is 1. The van der Waals surface area contributed by atoms with Crippen molar-refractivity contribution in [1.82, 2.24) is 29.1 Å². The average Bonchev–Trinajstić information content (AvgIpc) is 3.48. The van der Waals surface area contributed by atoms with Gasteiger partial charge < -0.3 is 9.47 Å². The van der Waals surface area contributed by atoms with Crippen LogP contribution in [0, 0.1) is 26.2 Å². The predicted molar refractivity (Wildman–Crippen MR) is 152 cm³/mol. The summed E-state index contributed by atoms with van der Waals surface area (Å²) in [6, 6.07) is 6.18. The summed E-state index contributed by atoms with van der Waals surface area (Å²) >= 11 is 2.30. The number of ether oxygens (including phenoxy) is 2. The molecule has 0 bridgehead atoms. The molecule has 186 valence electrons. The molecule has 0 aliphatic rings. The molecule has 0 amide bonds. The van der Waals surface area contributed by atoms with Gasteiger partial charge in [-0.3, -0.25) is 0 Å². The molecule has 0 saturated carbocycles. The van der Waals surface area contributed by atoms with Gasteiger partial charge in [-0.2, -0.15) is 15.3 Å². The maximum atomic E-state index is 6.31. The van der Waals surface area contributed by atoms with Gasteiger partial charge >= 0.3 is 0 Å². The zero-order valence-corrected chi connectivity index (χ0v) is 24.4. The lowest BCUT2D eigenvalue weighted by Crippen LogP contribution is -2.18. The first kappa shape index (κ1) is 27.0. The van der Waals surface area contributed by atoms with Crippen molar-refractivity contribution in [1.29, 1.82) is 0 Å². The number of hydrogen-bond acceptors (Lipinski definition) is 5. The van der Waals surface area contributed by atoms with Crippen molar-refractivity contribution in [3.63, 3.8) is 0 Å². The van der Waals surface area contributed by atoms with Gasteiger partial charge in [-0.1, -0.05) is 19.9 Å². The third kappa shape index (κ3) is 5.65. The van der Waals surface area contributed by atoms with Crippen LogP contribution in [-0.2, 0) is 14.1 Å². The Labute approximate surface area is 221 Å². The number of rotatable bonds is 8. The molecule has 1 unspecified atom stereocenters. The summed E-state index contributed by atoms with van der Waals surface area (Å²) < 4.78 is 17.7. The van der Waals surface area contributed by atoms with Gasteiger partial charge in [0.2, 0.25) is 11.8 Å². The van der Waals surface area contributed by atoms with Crippen molar-refractivity contribution >= 4 is 39.3 Å². The molecule has 0 saturated heterocycles. The van der Waals surface area contributed by atoms with Crippen LogP contribution in [0.5, 0.6) is 11.8 Å². The van der Waals surface area contributed by atoms with Gasteiger partial charge in [-0.25, -0.2) is 13.8 Å². The van der Waals surface area contributed by atoms with Crippen LogP contribution in [0.4, 0.5) is 0 Å². The number of hydrogen-bond donors (Lipinski definition) is 0. The Kier molecular flexibility index (Phi) is 9.20. The maximum Gasteiger partial charge on any atom is 0.219 e. The minimum absolute atomic E-state index is 0.0678. The monoisotopic (exact) mass is 606 g/mol. The fourth-order valence-electron chi connectivity index (χ4n) is 3.74. The summed E-state index contributed by atoms with van der Waals surface area (Å²) in [6.45, 7) is 10.6. The first-order chi connectivity index (χ1) is 16.8. The molecule has 0 aliphatic carbocycles. The Morgan fingerprint density at radius 3 is 2.51 bits per heavy atom. The first-order valence-corrected chi connectivity index (χ1v) is 15.6. The largest absolute Gasteiger partial charge is 0.477 e. The van der Waals surface area contributed by atoms with Crippen LogP contribution in [0.15, 0.2) is 24.4 Å². The van der Waals surface area contributed by atoms with E-state index >= 15 is 0 Å². The summed E-state index contributed by atoms with van der Waals surface area (Å²) in [5, 5.41) is 14.3. The molecule has 10 heteroatoms. The smallest absolute Gasteiger partial charge is 0.219 e. The lowest BCUT2D eigenvalue weighted by Gasteiger charge is -2.17. The molecule has 1 aromatic carbocycles. The van der Waals surface area contributed by atoms with E-state index in [0.717, 1.165) is 45.6 Å². The molecule has 3 aromatic heterocycles. The minimum atomic E-state index is -0.0678. The van der Waals surface area contributed by atoms with Crippen molar-refractivity contribution in [3.8, 4) is 35.2 Å². The van der Waals surface area contributed by atoms with Gasteiger partial charge in [-0.05, 0) is 66.4 Å². The van der Waals surface area contributed by atoms with Gasteiger partial charge in [0.25, 0.3) is 0 Å². The topological polar surface area (TPSA) is 71.9 Å². The highest BCUT2D eigenvalue weighted by Crippen LogP contribution is 2.36. The van der Waals surface area contributed by atoms with E-state index in [1.807, 2.05) is 59.4 Å². The van der Waals surface area contributed by atoms with Crippen molar-refractivity contribution in [2.75, 3.05) is 6.61 Å². The highest BCUT2D eigenvalue weighted by Gasteiger charge is 2.18. The van der Waals surface area contributed by atoms with Gasteiger partial charge in [0.05, 0.1) is 36.0 Å². The van der Waals surface area contributed by atoms with Crippen LogP contribution in [-0.4, -0.2) is 41.8 Å².